The van der Waals surface area contributed by atoms with Crippen LogP contribution in [0, 0.1) is 0 Å². The molecule has 3 rings (SSSR count). The molecule has 0 spiro atoms. The molecule has 18 heavy (non-hydrogen) atoms. The molecule has 1 aliphatic heterocycles. The van der Waals surface area contributed by atoms with E-state index in [2.05, 4.69) is 13.8 Å². The van der Waals surface area contributed by atoms with E-state index < -0.39 is 0 Å². The third-order valence-electron chi connectivity index (χ3n) is 3.75. The van der Waals surface area contributed by atoms with Gasteiger partial charge in [0.1, 0.15) is 0 Å². The molecule has 1 aromatic rings. The topological polar surface area (TPSA) is 33.2 Å². The van der Waals surface area contributed by atoms with Crippen molar-refractivity contribution in [2.24, 2.45) is 0 Å². The van der Waals surface area contributed by atoms with Crippen molar-refractivity contribution >= 4 is 17.7 Å². The summed E-state index contributed by atoms with van der Waals surface area (Å²) in [5.41, 5.74) is 3.27. The summed E-state index contributed by atoms with van der Waals surface area (Å²) in [4.78, 5) is 19.1. The van der Waals surface area contributed by atoms with E-state index in [1.165, 1.54) is 24.1 Å². The summed E-state index contributed by atoms with van der Waals surface area (Å²) < 4.78 is 0. The molecule has 1 saturated carbocycles. The Bertz CT molecular complexity index is 509. The van der Waals surface area contributed by atoms with Gasteiger partial charge in [-0.05, 0) is 39.0 Å². The van der Waals surface area contributed by atoms with Crippen molar-refractivity contribution in [2.75, 3.05) is 6.26 Å². The van der Waals surface area contributed by atoms with Gasteiger partial charge in [-0.1, -0.05) is 0 Å². The van der Waals surface area contributed by atoms with Gasteiger partial charge in [0.25, 0.3) is 5.91 Å². The SMILES string of the molecule is CSc1cc2c(c(C3CC3)n1)CN(C(C)C)C2=O. The minimum Gasteiger partial charge on any atom is -0.332 e. The molecule has 1 fully saturated rings. The first kappa shape index (κ1) is 12.0. The first-order chi connectivity index (χ1) is 8.61. The lowest BCUT2D eigenvalue weighted by molar-refractivity contribution is 0.0730. The fourth-order valence-corrected chi connectivity index (χ4v) is 2.96. The van der Waals surface area contributed by atoms with E-state index in [4.69, 9.17) is 4.98 Å². The van der Waals surface area contributed by atoms with Crippen molar-refractivity contribution in [1.82, 2.24) is 9.88 Å². The molecule has 2 aliphatic rings. The van der Waals surface area contributed by atoms with Crippen LogP contribution in [0.5, 0.6) is 0 Å². The number of aromatic nitrogens is 1. The van der Waals surface area contributed by atoms with Crippen LogP contribution < -0.4 is 0 Å². The normalized spacial score (nSPS) is 18.7. The van der Waals surface area contributed by atoms with Gasteiger partial charge in [-0.25, -0.2) is 4.98 Å². The van der Waals surface area contributed by atoms with Crippen molar-refractivity contribution in [3.8, 4) is 0 Å². The molecule has 96 valence electrons. The fourth-order valence-electron chi connectivity index (χ4n) is 2.54. The summed E-state index contributed by atoms with van der Waals surface area (Å²) in [7, 11) is 0. The predicted molar refractivity (Wildman–Crippen MR) is 73.0 cm³/mol. The maximum atomic E-state index is 12.4. The minimum absolute atomic E-state index is 0.180. The molecular formula is C14H18N2OS. The summed E-state index contributed by atoms with van der Waals surface area (Å²) in [6.07, 6.45) is 4.48. The predicted octanol–water partition coefficient (Wildman–Crippen LogP) is 3.05. The van der Waals surface area contributed by atoms with E-state index in [9.17, 15) is 4.79 Å². The lowest BCUT2D eigenvalue weighted by Crippen LogP contribution is -2.30. The highest BCUT2D eigenvalue weighted by Gasteiger charge is 2.36. The maximum absolute atomic E-state index is 12.4. The second-order valence-electron chi connectivity index (χ2n) is 5.38. The zero-order chi connectivity index (χ0) is 12.9. The second kappa shape index (κ2) is 4.26. The monoisotopic (exact) mass is 262 g/mol. The van der Waals surface area contributed by atoms with E-state index in [0.717, 1.165) is 17.1 Å². The number of amides is 1. The zero-order valence-corrected chi connectivity index (χ0v) is 11.9. The van der Waals surface area contributed by atoms with Gasteiger partial charge < -0.3 is 4.90 Å². The van der Waals surface area contributed by atoms with Gasteiger partial charge >= 0.3 is 0 Å². The van der Waals surface area contributed by atoms with Crippen LogP contribution in [-0.4, -0.2) is 28.1 Å². The molecule has 0 atom stereocenters. The van der Waals surface area contributed by atoms with Crippen LogP contribution >= 0.6 is 11.8 Å². The van der Waals surface area contributed by atoms with Gasteiger partial charge in [0.05, 0.1) is 10.7 Å². The Hall–Kier alpha value is -1.03. The summed E-state index contributed by atoms with van der Waals surface area (Å²) in [5.74, 6) is 0.783. The van der Waals surface area contributed by atoms with Crippen LogP contribution in [0.3, 0.4) is 0 Å². The minimum atomic E-state index is 0.180. The average Bonchev–Trinajstić information content (AvgIpc) is 3.13. The highest BCUT2D eigenvalue weighted by Crippen LogP contribution is 2.44. The van der Waals surface area contributed by atoms with Gasteiger partial charge in [-0.3, -0.25) is 4.79 Å². The van der Waals surface area contributed by atoms with Crippen LogP contribution in [0.15, 0.2) is 11.1 Å². The number of carbonyl (C=O) groups is 1. The van der Waals surface area contributed by atoms with Crippen LogP contribution in [-0.2, 0) is 6.54 Å². The zero-order valence-electron chi connectivity index (χ0n) is 11.1. The van der Waals surface area contributed by atoms with Crippen LogP contribution in [0.4, 0.5) is 0 Å². The quantitative estimate of drug-likeness (QED) is 0.785. The van der Waals surface area contributed by atoms with Crippen molar-refractivity contribution in [1.29, 1.82) is 0 Å². The molecule has 0 radical (unpaired) electrons. The first-order valence-electron chi connectivity index (χ1n) is 6.50. The van der Waals surface area contributed by atoms with Gasteiger partial charge in [0.2, 0.25) is 0 Å². The van der Waals surface area contributed by atoms with Crippen LogP contribution in [0.1, 0.15) is 54.2 Å². The second-order valence-corrected chi connectivity index (χ2v) is 6.20. The Balaban J connectivity index is 2.08. The summed E-state index contributed by atoms with van der Waals surface area (Å²) in [6.45, 7) is 4.90. The number of fused-ring (bicyclic) bond motifs is 1. The summed E-state index contributed by atoms with van der Waals surface area (Å²) >= 11 is 1.62. The smallest absolute Gasteiger partial charge is 0.254 e. The van der Waals surface area contributed by atoms with E-state index in [1.807, 2.05) is 17.2 Å². The largest absolute Gasteiger partial charge is 0.332 e. The maximum Gasteiger partial charge on any atom is 0.254 e. The molecule has 2 heterocycles. The third kappa shape index (κ3) is 1.83. The Morgan fingerprint density at radius 3 is 2.72 bits per heavy atom. The molecule has 4 heteroatoms. The van der Waals surface area contributed by atoms with E-state index in [0.29, 0.717) is 5.92 Å². The molecular weight excluding hydrogens is 244 g/mol. The van der Waals surface area contributed by atoms with Gasteiger partial charge in [-0.15, -0.1) is 11.8 Å². The molecule has 0 aromatic carbocycles. The van der Waals surface area contributed by atoms with Crippen LogP contribution in [0.2, 0.25) is 0 Å². The Labute approximate surface area is 112 Å². The van der Waals surface area contributed by atoms with E-state index >= 15 is 0 Å². The highest BCUT2D eigenvalue weighted by atomic mass is 32.2. The van der Waals surface area contributed by atoms with Gasteiger partial charge in [0, 0.05) is 29.6 Å². The number of hydrogen-bond donors (Lipinski definition) is 0. The van der Waals surface area contributed by atoms with E-state index in [1.54, 1.807) is 11.8 Å². The van der Waals surface area contributed by atoms with E-state index in [-0.39, 0.29) is 11.9 Å². The number of rotatable bonds is 3. The van der Waals surface area contributed by atoms with Gasteiger partial charge in [0.15, 0.2) is 0 Å². The standard InChI is InChI=1S/C14H18N2OS/c1-8(2)16-7-11-10(14(16)17)6-12(18-3)15-13(11)9-4-5-9/h6,8-9H,4-5,7H2,1-3H3. The summed E-state index contributed by atoms with van der Waals surface area (Å²) in [6, 6.07) is 2.23. The highest BCUT2D eigenvalue weighted by molar-refractivity contribution is 7.98. The number of pyridine rings is 1. The number of nitrogens with zero attached hydrogens (tertiary/aromatic N) is 2. The van der Waals surface area contributed by atoms with Crippen molar-refractivity contribution in [3.63, 3.8) is 0 Å². The number of hydrogen-bond acceptors (Lipinski definition) is 3. The Morgan fingerprint density at radius 2 is 2.17 bits per heavy atom. The number of thioether (sulfide) groups is 1. The molecule has 0 bridgehead atoms. The fraction of sp³-hybridized carbons (Fsp3) is 0.571. The molecule has 0 N–H and O–H groups in total. The summed E-state index contributed by atoms with van der Waals surface area (Å²) in [5, 5.41) is 0.981. The molecule has 1 amide bonds. The molecule has 0 unspecified atom stereocenters. The van der Waals surface area contributed by atoms with Crippen molar-refractivity contribution < 1.29 is 4.79 Å². The Morgan fingerprint density at radius 1 is 1.44 bits per heavy atom. The van der Waals surface area contributed by atoms with Crippen LogP contribution in [0.25, 0.3) is 0 Å². The third-order valence-corrected chi connectivity index (χ3v) is 4.38. The molecule has 0 saturated heterocycles. The average molecular weight is 262 g/mol. The van der Waals surface area contributed by atoms with Crippen molar-refractivity contribution in [2.45, 2.75) is 50.2 Å². The van der Waals surface area contributed by atoms with Crippen molar-refractivity contribution in [3.05, 3.63) is 22.9 Å². The lowest BCUT2D eigenvalue weighted by Gasteiger charge is -2.19. The molecule has 1 aliphatic carbocycles. The van der Waals surface area contributed by atoms with Gasteiger partial charge in [-0.2, -0.15) is 0 Å². The molecule has 1 aromatic heterocycles. The lowest BCUT2D eigenvalue weighted by atomic mass is 10.1. The first-order valence-corrected chi connectivity index (χ1v) is 7.73. The molecule has 3 nitrogen and oxygen atoms in total. The number of carbonyl (C=O) groups excluding carboxylic acids is 1. The Kier molecular flexibility index (Phi) is 2.85.